The van der Waals surface area contributed by atoms with Gasteiger partial charge in [-0.2, -0.15) is 21.0 Å². The second-order valence-electron chi connectivity index (χ2n) is 27.9. The van der Waals surface area contributed by atoms with Crippen LogP contribution in [0.5, 0.6) is 0 Å². The maximum absolute atomic E-state index is 12.9. The van der Waals surface area contributed by atoms with E-state index in [-0.39, 0.29) is 134 Å². The van der Waals surface area contributed by atoms with Gasteiger partial charge < -0.3 is 57.2 Å². The molecule has 3 aliphatic rings. The summed E-state index contributed by atoms with van der Waals surface area (Å²) in [7, 11) is 0. The van der Waals surface area contributed by atoms with Gasteiger partial charge in [0.15, 0.2) is 0 Å². The van der Waals surface area contributed by atoms with Crippen molar-refractivity contribution < 1.29 is 49.2 Å². The fraction of sp³-hybridized carbons (Fsp3) is 0.528. The molecule has 10 N–H and O–H groups in total. The molecule has 21 nitrogen and oxygen atoms in total. The molecule has 0 unspecified atom stereocenters. The molecule has 0 radical (unpaired) electrons. The number of rotatable bonds is 12. The van der Waals surface area contributed by atoms with E-state index in [4.69, 9.17) is 37.6 Å². The molecule has 5 amide bonds. The Balaban J connectivity index is 0.000000619. The maximum atomic E-state index is 12.9. The summed E-state index contributed by atoms with van der Waals surface area (Å²) >= 11 is 0. The molecule has 4 aromatic rings. The predicted molar refractivity (Wildman–Crippen MR) is 370 cm³/mol. The van der Waals surface area contributed by atoms with Crippen LogP contribution in [-0.4, -0.2) is 133 Å². The van der Waals surface area contributed by atoms with E-state index < -0.39 is 53.9 Å². The topological polar surface area (TPSA) is 364 Å². The van der Waals surface area contributed by atoms with Gasteiger partial charge in [0.2, 0.25) is 29.5 Å². The van der Waals surface area contributed by atoms with Crippen LogP contribution in [0.15, 0.2) is 97.1 Å². The van der Waals surface area contributed by atoms with Gasteiger partial charge in [-0.1, -0.05) is 139 Å². The van der Waals surface area contributed by atoms with Gasteiger partial charge in [-0.3, -0.25) is 24.0 Å². The summed E-state index contributed by atoms with van der Waals surface area (Å²) in [6, 6.07) is 33.7. The van der Waals surface area contributed by atoms with Crippen molar-refractivity contribution in [3.8, 4) is 24.3 Å². The molecule has 3 aliphatic heterocycles. The van der Waals surface area contributed by atoms with Crippen LogP contribution in [0.25, 0.3) is 0 Å². The van der Waals surface area contributed by atoms with E-state index in [1.54, 1.807) is 67.6 Å². The third-order valence-corrected chi connectivity index (χ3v) is 17.2. The van der Waals surface area contributed by atoms with E-state index in [0.717, 1.165) is 22.3 Å². The van der Waals surface area contributed by atoms with Gasteiger partial charge in [-0.15, -0.1) is 24.8 Å². The summed E-state index contributed by atoms with van der Waals surface area (Å²) < 4.78 is 0. The quantitative estimate of drug-likeness (QED) is 0.0655. The first-order valence-corrected chi connectivity index (χ1v) is 31.5. The summed E-state index contributed by atoms with van der Waals surface area (Å²) in [5.74, 6) is -2.24. The molecule has 7 rings (SSSR count). The van der Waals surface area contributed by atoms with Gasteiger partial charge in [0, 0.05) is 56.8 Å². The molecule has 95 heavy (non-hydrogen) atoms. The number of aliphatic hydroxyl groups is 3. The zero-order chi connectivity index (χ0) is 70.6. The molecule has 518 valence electrons. The van der Waals surface area contributed by atoms with E-state index >= 15 is 0 Å². The molecule has 4 aromatic carbocycles. The maximum Gasteiger partial charge on any atom is 0.326 e. The van der Waals surface area contributed by atoms with Gasteiger partial charge in [0.1, 0.15) is 18.1 Å². The number of amides is 5. The molecule has 23 heteroatoms. The van der Waals surface area contributed by atoms with Gasteiger partial charge in [-0.25, -0.2) is 4.79 Å². The van der Waals surface area contributed by atoms with Crippen LogP contribution in [0.4, 0.5) is 0 Å². The third kappa shape index (κ3) is 25.6. The number of likely N-dealkylation sites (tertiary alicyclic amines) is 3. The Morgan fingerprint density at radius 2 is 0.705 bits per heavy atom. The first kappa shape index (κ1) is 85.1. The molecule has 0 aromatic heterocycles. The van der Waals surface area contributed by atoms with Gasteiger partial charge in [-0.05, 0) is 114 Å². The molecular weight excluding hydrogens is 1250 g/mol. The average Bonchev–Trinajstić information content (AvgIpc) is 1.71. The van der Waals surface area contributed by atoms with Crippen molar-refractivity contribution in [1.29, 1.82) is 21.0 Å². The van der Waals surface area contributed by atoms with Crippen LogP contribution in [0.3, 0.4) is 0 Å². The molecule has 0 bridgehead atoms. The SMILES string of the molecule is CC(C)c1ccc(C#N)cc1.C[C@H](C(=O)N1C[C@H](O)C[C@H]1C(=O)O)C(C)(C)C.C[C@H](N)c1ccc(C#N)cc1.C[C@H](NC(=O)[C@@H]1C[C@@H](O)CN1C(=O)[C@@H](C)C(C)(C)C)c1ccc(C#N)cc1.C[C@H](NC(=O)[C@@H]1C[C@@H](O)CN1C(=O)[C@@H](N)C(C)(C)C)c1ccc(C#N)cc1.Cl.Cl. The smallest absolute Gasteiger partial charge is 0.326 e. The summed E-state index contributed by atoms with van der Waals surface area (Å²) in [5, 5.41) is 79.2. The largest absolute Gasteiger partial charge is 0.480 e. The molecule has 12 atom stereocenters. The molecule has 0 saturated carbocycles. The van der Waals surface area contributed by atoms with Crippen LogP contribution in [0.2, 0.25) is 0 Å². The monoisotopic (exact) mass is 1350 g/mol. The van der Waals surface area contributed by atoms with Crippen LogP contribution in [0, 0.1) is 73.4 Å². The zero-order valence-electron chi connectivity index (χ0n) is 57.8. The highest BCUT2D eigenvalue weighted by Crippen LogP contribution is 2.33. The Morgan fingerprint density at radius 1 is 0.442 bits per heavy atom. The number of carboxylic acid groups (broad SMARTS) is 1. The molecule has 0 spiro atoms. The molecule has 0 aliphatic carbocycles. The Morgan fingerprint density at radius 3 is 0.958 bits per heavy atom. The van der Waals surface area contributed by atoms with E-state index in [1.165, 1.54) is 20.3 Å². The van der Waals surface area contributed by atoms with E-state index in [1.807, 2.05) is 126 Å². The summed E-state index contributed by atoms with van der Waals surface area (Å²) in [6.07, 6.45) is -1.61. The predicted octanol–water partition coefficient (Wildman–Crippen LogP) is 9.27. The van der Waals surface area contributed by atoms with E-state index in [9.17, 15) is 44.1 Å². The number of nitrogens with two attached hydrogens (primary N) is 2. The van der Waals surface area contributed by atoms with Crippen LogP contribution in [0.1, 0.15) is 199 Å². The number of hydrogen-bond acceptors (Lipinski definition) is 15. The molecule has 3 fully saturated rings. The third-order valence-electron chi connectivity index (χ3n) is 17.2. The zero-order valence-corrected chi connectivity index (χ0v) is 59.5. The number of halogens is 2. The Bertz CT molecular complexity index is 3130. The number of nitrogens with one attached hydrogen (secondary N) is 2. The second kappa shape index (κ2) is 38.0. The van der Waals surface area contributed by atoms with Crippen molar-refractivity contribution in [1.82, 2.24) is 25.3 Å². The minimum absolute atomic E-state index is 0. The summed E-state index contributed by atoms with van der Waals surface area (Å²) in [4.78, 5) is 78.7. The lowest BCUT2D eigenvalue weighted by molar-refractivity contribution is -0.151. The number of nitriles is 4. The number of aliphatic hydroxyl groups excluding tert-OH is 3. The average molecular weight is 1350 g/mol. The number of benzene rings is 4. The number of carboxylic acids is 1. The van der Waals surface area contributed by atoms with Crippen molar-refractivity contribution >= 4 is 60.3 Å². The number of hydrogen-bond donors (Lipinski definition) is 8. The molecule has 3 saturated heterocycles. The van der Waals surface area contributed by atoms with Crippen molar-refractivity contribution in [2.75, 3.05) is 19.6 Å². The standard InChI is InChI=1S/C21H29N3O3.C20H28N4O3.C12H21NO4.C10H11N.C9H10N2.2ClH/c1-13(21(3,4)5)20(27)24-12-17(25)10-18(24)19(26)23-14(2)16-8-6-15(11-22)7-9-16;1-12(14-7-5-13(10-21)6-8-14)23-18(26)16-9-15(25)11-24(16)19(27)17(22)20(2,3)4;1-7(12(2,3)4)10(15)13-6-8(14)5-9(13)11(16)17;1-8(2)10-5-3-9(7-11)4-6-10;1-7(11)9-4-2-8(6-10)3-5-9;;/h6-9,13-14,17-18,25H,10,12H2,1-5H3,(H,23,26);5-8,12,15-17,25H,9,11,22H2,1-4H3,(H,23,26);7-9,14H,5-6H2,1-4H3,(H,16,17);3-6,8H,1-2H3;2-5,7H,11H2,1H3;2*1H/t13-,14+,17-,18+;12-,15+,16-,17+;7-,8-,9+;;7-;;/m101.0../s1. The van der Waals surface area contributed by atoms with Crippen molar-refractivity contribution in [3.05, 3.63) is 142 Å². The van der Waals surface area contributed by atoms with Gasteiger partial charge in [0.25, 0.3) is 0 Å². The first-order chi connectivity index (χ1) is 43.2. The van der Waals surface area contributed by atoms with Crippen molar-refractivity contribution in [3.63, 3.8) is 0 Å². The van der Waals surface area contributed by atoms with Gasteiger partial charge in [0.05, 0.1) is 83.0 Å². The Labute approximate surface area is 574 Å². The van der Waals surface area contributed by atoms with E-state index in [0.29, 0.717) is 22.6 Å². The number of carbonyl (C=O) groups excluding carboxylic acids is 5. The highest BCUT2D eigenvalue weighted by Gasteiger charge is 2.45. The first-order valence-electron chi connectivity index (χ1n) is 31.5. The lowest BCUT2D eigenvalue weighted by Gasteiger charge is -2.33. The second-order valence-corrected chi connectivity index (χ2v) is 27.9. The highest BCUT2D eigenvalue weighted by atomic mass is 35.5. The number of carbonyl (C=O) groups is 6. The lowest BCUT2D eigenvalue weighted by atomic mass is 9.81. The van der Waals surface area contributed by atoms with Crippen LogP contribution in [-0.2, 0) is 28.8 Å². The Hall–Kier alpha value is -7.96. The fourth-order valence-electron chi connectivity index (χ4n) is 9.97. The van der Waals surface area contributed by atoms with Crippen LogP contribution >= 0.6 is 24.8 Å². The lowest BCUT2D eigenvalue weighted by Crippen LogP contribution is -2.55. The van der Waals surface area contributed by atoms with Gasteiger partial charge >= 0.3 is 5.97 Å². The molecular formula is C72H101Cl2N11O10. The minimum Gasteiger partial charge on any atom is -0.480 e. The fourth-order valence-corrected chi connectivity index (χ4v) is 9.97. The Kier molecular flexibility index (Phi) is 34.0. The number of aliphatic carboxylic acids is 1. The number of β-amino-alcohol motifs (C(OH)–C–C–N with tert-alkyl or cyclic N) is 3. The van der Waals surface area contributed by atoms with Crippen LogP contribution < -0.4 is 22.1 Å². The normalized spacial score (nSPS) is 19.9. The highest BCUT2D eigenvalue weighted by molar-refractivity contribution is 5.91. The summed E-state index contributed by atoms with van der Waals surface area (Å²) in [6.45, 7) is 31.3. The van der Waals surface area contributed by atoms with E-state index in [2.05, 4.69) is 48.8 Å². The number of nitrogens with zero attached hydrogens (tertiary/aromatic N) is 7. The van der Waals surface area contributed by atoms with Crippen molar-refractivity contribution in [2.45, 2.75) is 197 Å². The minimum atomic E-state index is -1.05. The summed E-state index contributed by atoms with van der Waals surface area (Å²) in [5.41, 5.74) is 17.4. The van der Waals surface area contributed by atoms with Crippen molar-refractivity contribution in [2.24, 2.45) is 39.5 Å². The molecule has 3 heterocycles.